The van der Waals surface area contributed by atoms with Crippen LogP contribution in [0.1, 0.15) is 24.2 Å². The van der Waals surface area contributed by atoms with Gasteiger partial charge in [-0.25, -0.2) is 0 Å². The van der Waals surface area contributed by atoms with E-state index in [1.54, 1.807) is 0 Å². The summed E-state index contributed by atoms with van der Waals surface area (Å²) in [4.78, 5) is 12.1. The van der Waals surface area contributed by atoms with E-state index in [-0.39, 0.29) is 12.0 Å². The predicted molar refractivity (Wildman–Crippen MR) is 110 cm³/mol. The Labute approximate surface area is 168 Å². The van der Waals surface area contributed by atoms with Gasteiger partial charge in [0.15, 0.2) is 5.16 Å². The van der Waals surface area contributed by atoms with Gasteiger partial charge in [-0.2, -0.15) is 0 Å². The first-order valence-corrected chi connectivity index (χ1v) is 10.6. The Morgan fingerprint density at radius 3 is 2.96 bits per heavy atom. The van der Waals surface area contributed by atoms with Crippen molar-refractivity contribution >= 4 is 28.4 Å². The third-order valence-electron chi connectivity index (χ3n) is 5.04. The lowest BCUT2D eigenvalue weighted by Gasteiger charge is -2.10. The van der Waals surface area contributed by atoms with Gasteiger partial charge in [-0.1, -0.05) is 54.2 Å². The summed E-state index contributed by atoms with van der Waals surface area (Å²) in [5, 5.41) is 14.8. The van der Waals surface area contributed by atoms with Crippen LogP contribution in [0.15, 0.2) is 47.6 Å². The highest BCUT2D eigenvalue weighted by molar-refractivity contribution is 7.99. The number of rotatable bonds is 7. The maximum atomic E-state index is 12.1. The quantitative estimate of drug-likeness (QED) is 0.622. The molecule has 7 heteroatoms. The predicted octanol–water partition coefficient (Wildman–Crippen LogP) is 2.95. The highest BCUT2D eigenvalue weighted by atomic mass is 32.2. The van der Waals surface area contributed by atoms with Gasteiger partial charge in [0.2, 0.25) is 5.91 Å². The lowest BCUT2D eigenvalue weighted by molar-refractivity contribution is -0.119. The summed E-state index contributed by atoms with van der Waals surface area (Å²) in [6.07, 6.45) is 2.97. The van der Waals surface area contributed by atoms with Crippen molar-refractivity contribution in [3.05, 3.63) is 53.9 Å². The number of fused-ring (bicyclic) bond motifs is 1. The monoisotopic (exact) mass is 396 g/mol. The molecule has 1 N–H and O–H groups in total. The molecule has 0 unspecified atom stereocenters. The fourth-order valence-corrected chi connectivity index (χ4v) is 4.22. The van der Waals surface area contributed by atoms with Crippen LogP contribution < -0.4 is 5.32 Å². The second-order valence-electron chi connectivity index (χ2n) is 7.00. The molecule has 0 bridgehead atoms. The lowest BCUT2D eigenvalue weighted by Crippen LogP contribution is -2.32. The summed E-state index contributed by atoms with van der Waals surface area (Å²) in [6.45, 7) is 1.39. The Morgan fingerprint density at radius 1 is 1.25 bits per heavy atom. The first-order valence-electron chi connectivity index (χ1n) is 9.57. The average molecular weight is 397 g/mol. The highest BCUT2D eigenvalue weighted by Crippen LogP contribution is 2.22. The number of hydrogen-bond acceptors (Lipinski definition) is 5. The number of aromatic nitrogens is 3. The van der Waals surface area contributed by atoms with Gasteiger partial charge in [-0.15, -0.1) is 10.2 Å². The van der Waals surface area contributed by atoms with E-state index < -0.39 is 0 Å². The molecule has 0 aliphatic carbocycles. The van der Waals surface area contributed by atoms with Crippen molar-refractivity contribution < 1.29 is 9.53 Å². The molecule has 1 aromatic heterocycles. The molecule has 3 aromatic rings. The normalized spacial score (nSPS) is 16.5. The lowest BCUT2D eigenvalue weighted by atomic mass is 10.0. The molecule has 2 heterocycles. The molecule has 1 fully saturated rings. The third-order valence-corrected chi connectivity index (χ3v) is 6.06. The van der Waals surface area contributed by atoms with Gasteiger partial charge in [-0.3, -0.25) is 4.79 Å². The molecule has 1 amide bonds. The molecule has 6 nitrogen and oxygen atoms in total. The van der Waals surface area contributed by atoms with Gasteiger partial charge in [0.25, 0.3) is 0 Å². The van der Waals surface area contributed by atoms with Crippen molar-refractivity contribution in [2.24, 2.45) is 7.05 Å². The molecule has 1 saturated heterocycles. The molecule has 0 saturated carbocycles. The van der Waals surface area contributed by atoms with E-state index in [2.05, 4.69) is 51.9 Å². The number of ether oxygens (including phenoxy) is 1. The summed E-state index contributed by atoms with van der Waals surface area (Å²) < 4.78 is 7.50. The van der Waals surface area contributed by atoms with Gasteiger partial charge >= 0.3 is 0 Å². The highest BCUT2D eigenvalue weighted by Gasteiger charge is 2.17. The van der Waals surface area contributed by atoms with Crippen LogP contribution in [0.3, 0.4) is 0 Å². The van der Waals surface area contributed by atoms with Crippen molar-refractivity contribution in [1.29, 1.82) is 0 Å². The van der Waals surface area contributed by atoms with Gasteiger partial charge in [0.1, 0.15) is 5.82 Å². The zero-order chi connectivity index (χ0) is 19.3. The number of amides is 1. The average Bonchev–Trinajstić information content (AvgIpc) is 3.36. The Hall–Kier alpha value is -2.38. The Bertz CT molecular complexity index is 961. The van der Waals surface area contributed by atoms with E-state index in [0.29, 0.717) is 18.7 Å². The second kappa shape index (κ2) is 8.75. The maximum Gasteiger partial charge on any atom is 0.230 e. The zero-order valence-electron chi connectivity index (χ0n) is 15.9. The van der Waals surface area contributed by atoms with Crippen LogP contribution in [0.25, 0.3) is 10.8 Å². The minimum Gasteiger partial charge on any atom is -0.376 e. The van der Waals surface area contributed by atoms with Crippen molar-refractivity contribution in [2.75, 3.05) is 18.9 Å². The molecule has 2 aromatic carbocycles. The largest absolute Gasteiger partial charge is 0.376 e. The molecule has 1 aliphatic rings. The number of carbonyl (C=O) groups is 1. The molecule has 0 radical (unpaired) electrons. The van der Waals surface area contributed by atoms with Crippen molar-refractivity contribution in [1.82, 2.24) is 20.1 Å². The fourth-order valence-electron chi connectivity index (χ4n) is 3.46. The fraction of sp³-hybridized carbons (Fsp3) is 0.381. The first kappa shape index (κ1) is 19.0. The van der Waals surface area contributed by atoms with E-state index in [1.807, 2.05) is 17.7 Å². The van der Waals surface area contributed by atoms with Crippen molar-refractivity contribution in [2.45, 2.75) is 30.5 Å². The van der Waals surface area contributed by atoms with E-state index in [4.69, 9.17) is 4.74 Å². The number of hydrogen-bond donors (Lipinski definition) is 1. The van der Waals surface area contributed by atoms with Gasteiger partial charge in [-0.05, 0) is 29.2 Å². The molecule has 1 atom stereocenters. The molecule has 146 valence electrons. The number of thioether (sulfide) groups is 1. The van der Waals surface area contributed by atoms with Gasteiger partial charge in [0, 0.05) is 26.6 Å². The second-order valence-corrected chi connectivity index (χ2v) is 7.94. The maximum absolute atomic E-state index is 12.1. The Balaban J connectivity index is 1.36. The number of nitrogens with zero attached hydrogens (tertiary/aromatic N) is 3. The molecule has 1 aliphatic heterocycles. The van der Waals surface area contributed by atoms with E-state index in [0.717, 1.165) is 30.4 Å². The van der Waals surface area contributed by atoms with Gasteiger partial charge in [0.05, 0.1) is 11.9 Å². The third kappa shape index (κ3) is 4.36. The summed E-state index contributed by atoms with van der Waals surface area (Å²) in [7, 11) is 1.95. The smallest absolute Gasteiger partial charge is 0.230 e. The number of nitrogens with one attached hydrogen (secondary N) is 1. The van der Waals surface area contributed by atoms with Crippen LogP contribution in [-0.2, 0) is 23.0 Å². The molecule has 0 spiro atoms. The molecule has 4 rings (SSSR count). The minimum atomic E-state index is -0.000830. The first-order chi connectivity index (χ1) is 13.7. The van der Waals surface area contributed by atoms with Crippen LogP contribution in [0.4, 0.5) is 0 Å². The van der Waals surface area contributed by atoms with Crippen LogP contribution in [0.2, 0.25) is 0 Å². The summed E-state index contributed by atoms with van der Waals surface area (Å²) in [6, 6.07) is 14.7. The van der Waals surface area contributed by atoms with Crippen molar-refractivity contribution in [3.63, 3.8) is 0 Å². The SMILES string of the molecule is Cn1c(Cc2cccc3ccccc23)nnc1SCC(=O)NC[C@@H]1CCCO1. The van der Waals surface area contributed by atoms with Gasteiger partial charge < -0.3 is 14.6 Å². The molecular formula is C21H24N4O2S. The minimum absolute atomic E-state index is 0.000830. The topological polar surface area (TPSA) is 69.0 Å². The molecular weight excluding hydrogens is 372 g/mol. The summed E-state index contributed by atoms with van der Waals surface area (Å²) in [5.41, 5.74) is 1.22. The summed E-state index contributed by atoms with van der Waals surface area (Å²) >= 11 is 1.41. The number of benzene rings is 2. The van der Waals surface area contributed by atoms with Crippen molar-refractivity contribution in [3.8, 4) is 0 Å². The molecule has 28 heavy (non-hydrogen) atoms. The van der Waals surface area contributed by atoms with Crippen LogP contribution >= 0.6 is 11.8 Å². The van der Waals surface area contributed by atoms with Crippen LogP contribution in [0, 0.1) is 0 Å². The Morgan fingerprint density at radius 2 is 2.11 bits per heavy atom. The van der Waals surface area contributed by atoms with Crippen LogP contribution in [-0.4, -0.2) is 45.7 Å². The number of carbonyl (C=O) groups excluding carboxylic acids is 1. The Kier molecular flexibility index (Phi) is 5.92. The standard InChI is InChI=1S/C21H24N4O2S/c1-25-19(12-16-8-4-7-15-6-2-3-10-18(15)16)23-24-21(25)28-14-20(26)22-13-17-9-5-11-27-17/h2-4,6-8,10,17H,5,9,11-14H2,1H3,(H,22,26)/t17-/m0/s1. The van der Waals surface area contributed by atoms with E-state index in [9.17, 15) is 4.79 Å². The van der Waals surface area contributed by atoms with E-state index in [1.165, 1.54) is 28.1 Å². The van der Waals surface area contributed by atoms with E-state index >= 15 is 0 Å². The van der Waals surface area contributed by atoms with Crippen LogP contribution in [0.5, 0.6) is 0 Å². The summed E-state index contributed by atoms with van der Waals surface area (Å²) in [5.74, 6) is 1.21. The zero-order valence-corrected chi connectivity index (χ0v) is 16.7.